The number of hydrogen-bond acceptors (Lipinski definition) is 6. The van der Waals surface area contributed by atoms with Crippen molar-refractivity contribution in [2.24, 2.45) is 5.92 Å². The first kappa shape index (κ1) is 22.6. The topological polar surface area (TPSA) is 80.5 Å². The minimum atomic E-state index is 0.00983. The lowest BCUT2D eigenvalue weighted by atomic mass is 9.96. The SMILES string of the molecule is COc1ccc(CNC(=O)C2CCN(Cc3nc(-c4ccc(Cl)cc4Cl)no3)CC2)cc1. The molecular weight excluding hydrogens is 451 g/mol. The number of rotatable bonds is 7. The van der Waals surface area contributed by atoms with Crippen molar-refractivity contribution in [2.45, 2.75) is 25.9 Å². The fourth-order valence-corrected chi connectivity index (χ4v) is 4.21. The number of benzene rings is 2. The van der Waals surface area contributed by atoms with Gasteiger partial charge in [0.15, 0.2) is 0 Å². The van der Waals surface area contributed by atoms with E-state index in [1.54, 1.807) is 25.3 Å². The Balaban J connectivity index is 1.25. The second kappa shape index (κ2) is 10.3. The highest BCUT2D eigenvalue weighted by Gasteiger charge is 2.26. The number of nitrogens with one attached hydrogen (secondary N) is 1. The Hall–Kier alpha value is -2.61. The third-order valence-corrected chi connectivity index (χ3v) is 6.13. The molecule has 0 spiro atoms. The van der Waals surface area contributed by atoms with Crippen molar-refractivity contribution >= 4 is 29.1 Å². The molecule has 1 fully saturated rings. The van der Waals surface area contributed by atoms with Crippen LogP contribution in [-0.2, 0) is 17.9 Å². The summed E-state index contributed by atoms with van der Waals surface area (Å²) in [6.07, 6.45) is 1.58. The van der Waals surface area contributed by atoms with Crippen molar-refractivity contribution in [3.63, 3.8) is 0 Å². The van der Waals surface area contributed by atoms with Gasteiger partial charge in [-0.3, -0.25) is 9.69 Å². The van der Waals surface area contributed by atoms with E-state index >= 15 is 0 Å². The Morgan fingerprint density at radius 2 is 1.94 bits per heavy atom. The highest BCUT2D eigenvalue weighted by Crippen LogP contribution is 2.28. The maximum absolute atomic E-state index is 12.6. The molecule has 0 unspecified atom stereocenters. The zero-order chi connectivity index (χ0) is 22.5. The average Bonchev–Trinajstić information content (AvgIpc) is 3.26. The third-order valence-electron chi connectivity index (χ3n) is 5.58. The second-order valence-corrected chi connectivity index (χ2v) is 8.60. The van der Waals surface area contributed by atoms with E-state index in [0.29, 0.717) is 40.4 Å². The Labute approximate surface area is 196 Å². The van der Waals surface area contributed by atoms with Gasteiger partial charge in [0.2, 0.25) is 17.6 Å². The number of carbonyl (C=O) groups excluding carboxylic acids is 1. The van der Waals surface area contributed by atoms with E-state index in [0.717, 1.165) is 37.2 Å². The quantitative estimate of drug-likeness (QED) is 0.539. The van der Waals surface area contributed by atoms with Gasteiger partial charge >= 0.3 is 0 Å². The summed E-state index contributed by atoms with van der Waals surface area (Å²) in [6.45, 7) is 2.64. The molecule has 1 aromatic heterocycles. The summed E-state index contributed by atoms with van der Waals surface area (Å²) in [4.78, 5) is 19.2. The lowest BCUT2D eigenvalue weighted by Crippen LogP contribution is -2.40. The molecule has 0 aliphatic carbocycles. The lowest BCUT2D eigenvalue weighted by molar-refractivity contribution is -0.126. The molecule has 1 aliphatic rings. The molecule has 0 atom stereocenters. The Morgan fingerprint density at radius 1 is 1.19 bits per heavy atom. The summed E-state index contributed by atoms with van der Waals surface area (Å²) in [7, 11) is 1.63. The number of methoxy groups -OCH3 is 1. The van der Waals surface area contributed by atoms with Crippen LogP contribution in [0, 0.1) is 5.92 Å². The molecule has 2 aromatic carbocycles. The summed E-state index contributed by atoms with van der Waals surface area (Å²) in [5, 5.41) is 8.11. The van der Waals surface area contributed by atoms with E-state index in [2.05, 4.69) is 20.4 Å². The molecule has 168 valence electrons. The molecule has 1 aliphatic heterocycles. The smallest absolute Gasteiger partial charge is 0.241 e. The van der Waals surface area contributed by atoms with Crippen molar-refractivity contribution in [1.82, 2.24) is 20.4 Å². The molecular formula is C23H24Cl2N4O3. The average molecular weight is 475 g/mol. The van der Waals surface area contributed by atoms with E-state index in [1.165, 1.54) is 0 Å². The molecule has 0 saturated carbocycles. The molecule has 1 amide bonds. The van der Waals surface area contributed by atoms with E-state index < -0.39 is 0 Å². The number of nitrogens with zero attached hydrogens (tertiary/aromatic N) is 3. The van der Waals surface area contributed by atoms with Crippen LogP contribution in [0.2, 0.25) is 10.0 Å². The number of amides is 1. The summed E-state index contributed by atoms with van der Waals surface area (Å²) in [5.74, 6) is 1.87. The van der Waals surface area contributed by atoms with Gasteiger partial charge in [0.25, 0.3) is 0 Å². The van der Waals surface area contributed by atoms with Crippen molar-refractivity contribution in [3.8, 4) is 17.1 Å². The Kier molecular flexibility index (Phi) is 7.29. The van der Waals surface area contributed by atoms with E-state index in [4.69, 9.17) is 32.5 Å². The monoisotopic (exact) mass is 474 g/mol. The van der Waals surface area contributed by atoms with Crippen molar-refractivity contribution < 1.29 is 14.1 Å². The van der Waals surface area contributed by atoms with Crippen LogP contribution in [0.5, 0.6) is 5.75 Å². The van der Waals surface area contributed by atoms with Gasteiger partial charge in [0, 0.05) is 23.0 Å². The minimum Gasteiger partial charge on any atom is -0.497 e. The van der Waals surface area contributed by atoms with Gasteiger partial charge in [-0.1, -0.05) is 40.5 Å². The van der Waals surface area contributed by atoms with Gasteiger partial charge in [-0.25, -0.2) is 0 Å². The van der Waals surface area contributed by atoms with Gasteiger partial charge in [-0.15, -0.1) is 0 Å². The standard InChI is InChI=1S/C23H24Cl2N4O3/c1-31-18-5-2-15(3-6-18)13-26-23(30)16-8-10-29(11-9-16)14-21-27-22(28-32-21)19-7-4-17(24)12-20(19)25/h2-7,12,16H,8-11,13-14H2,1H3,(H,26,30). The predicted molar refractivity (Wildman–Crippen MR) is 123 cm³/mol. The van der Waals surface area contributed by atoms with Crippen LogP contribution in [0.15, 0.2) is 47.0 Å². The number of carbonyl (C=O) groups is 1. The van der Waals surface area contributed by atoms with E-state index in [-0.39, 0.29) is 11.8 Å². The lowest BCUT2D eigenvalue weighted by Gasteiger charge is -2.30. The highest BCUT2D eigenvalue weighted by atomic mass is 35.5. The first-order valence-corrected chi connectivity index (χ1v) is 11.2. The molecule has 7 nitrogen and oxygen atoms in total. The van der Waals surface area contributed by atoms with Gasteiger partial charge in [-0.05, 0) is 61.8 Å². The van der Waals surface area contributed by atoms with E-state index in [9.17, 15) is 4.79 Å². The number of piperidine rings is 1. The van der Waals surface area contributed by atoms with Crippen molar-refractivity contribution in [1.29, 1.82) is 0 Å². The third kappa shape index (κ3) is 5.59. The molecule has 0 bridgehead atoms. The van der Waals surface area contributed by atoms with Crippen molar-refractivity contribution in [2.75, 3.05) is 20.2 Å². The fraction of sp³-hybridized carbons (Fsp3) is 0.348. The summed E-state index contributed by atoms with van der Waals surface area (Å²) >= 11 is 12.2. The largest absolute Gasteiger partial charge is 0.497 e. The molecule has 9 heteroatoms. The summed E-state index contributed by atoms with van der Waals surface area (Å²) < 4.78 is 10.6. The van der Waals surface area contributed by atoms with Gasteiger partial charge in [0.05, 0.1) is 18.7 Å². The molecule has 4 rings (SSSR count). The van der Waals surface area contributed by atoms with Gasteiger partial charge < -0.3 is 14.6 Å². The molecule has 32 heavy (non-hydrogen) atoms. The van der Waals surface area contributed by atoms with E-state index in [1.807, 2.05) is 24.3 Å². The zero-order valence-corrected chi connectivity index (χ0v) is 19.2. The summed E-state index contributed by atoms with van der Waals surface area (Å²) in [5.41, 5.74) is 1.72. The van der Waals surface area contributed by atoms with Crippen LogP contribution < -0.4 is 10.1 Å². The van der Waals surface area contributed by atoms with Gasteiger partial charge in [0.1, 0.15) is 5.75 Å². The molecule has 2 heterocycles. The van der Waals surface area contributed by atoms with Crippen LogP contribution >= 0.6 is 23.2 Å². The van der Waals surface area contributed by atoms with Crippen LogP contribution in [0.3, 0.4) is 0 Å². The van der Waals surface area contributed by atoms with Crippen LogP contribution in [0.4, 0.5) is 0 Å². The Bertz CT molecular complexity index is 1060. The van der Waals surface area contributed by atoms with Crippen LogP contribution in [-0.4, -0.2) is 41.1 Å². The Morgan fingerprint density at radius 3 is 2.62 bits per heavy atom. The number of halogens is 2. The fourth-order valence-electron chi connectivity index (χ4n) is 3.72. The highest BCUT2D eigenvalue weighted by molar-refractivity contribution is 6.36. The molecule has 0 radical (unpaired) electrons. The normalized spacial score (nSPS) is 15.0. The van der Waals surface area contributed by atoms with Crippen molar-refractivity contribution in [3.05, 3.63) is 64.0 Å². The van der Waals surface area contributed by atoms with Crippen LogP contribution in [0.1, 0.15) is 24.3 Å². The maximum Gasteiger partial charge on any atom is 0.241 e. The number of likely N-dealkylation sites (tertiary alicyclic amines) is 1. The predicted octanol–water partition coefficient (Wildman–Crippen LogP) is 4.58. The summed E-state index contributed by atoms with van der Waals surface area (Å²) in [6, 6.07) is 12.9. The second-order valence-electron chi connectivity index (χ2n) is 7.75. The first-order valence-electron chi connectivity index (χ1n) is 10.4. The van der Waals surface area contributed by atoms with Gasteiger partial charge in [-0.2, -0.15) is 4.98 Å². The minimum absolute atomic E-state index is 0.00983. The number of hydrogen-bond donors (Lipinski definition) is 1. The number of ether oxygens (including phenoxy) is 1. The first-order chi connectivity index (χ1) is 15.5. The molecule has 3 aromatic rings. The maximum atomic E-state index is 12.6. The molecule has 1 N–H and O–H groups in total. The zero-order valence-electron chi connectivity index (χ0n) is 17.7. The van der Waals surface area contributed by atoms with Crippen LogP contribution in [0.25, 0.3) is 11.4 Å². The molecule has 1 saturated heterocycles. The number of aromatic nitrogens is 2.